The largest absolute Gasteiger partial charge is 0.354 e. The summed E-state index contributed by atoms with van der Waals surface area (Å²) in [6, 6.07) is 24.1. The molecule has 1 N–H and O–H groups in total. The van der Waals surface area contributed by atoms with Crippen LogP contribution in [0, 0.1) is 5.82 Å². The number of pyridine rings is 1. The average Bonchev–Trinajstić information content (AvgIpc) is 3.33. The van der Waals surface area contributed by atoms with Gasteiger partial charge in [-0.05, 0) is 54.4 Å². The lowest BCUT2D eigenvalue weighted by molar-refractivity contribution is 0.102. The Labute approximate surface area is 215 Å². The van der Waals surface area contributed by atoms with Gasteiger partial charge in [-0.15, -0.1) is 11.3 Å². The number of hydrogen-bond acceptors (Lipinski definition) is 5. The first-order chi connectivity index (χ1) is 17.6. The molecule has 4 aromatic rings. The summed E-state index contributed by atoms with van der Waals surface area (Å²) in [4.78, 5) is 23.5. The number of halogens is 1. The molecule has 1 aliphatic rings. The zero-order chi connectivity index (χ0) is 24.9. The molecule has 1 amide bonds. The van der Waals surface area contributed by atoms with E-state index in [2.05, 4.69) is 33.1 Å². The lowest BCUT2D eigenvalue weighted by Gasteiger charge is -2.40. The van der Waals surface area contributed by atoms with E-state index in [4.69, 9.17) is 0 Å². The molecule has 0 bridgehead atoms. The molecule has 1 fully saturated rings. The summed E-state index contributed by atoms with van der Waals surface area (Å²) in [5.41, 5.74) is 2.69. The highest BCUT2D eigenvalue weighted by Gasteiger charge is 2.30. The van der Waals surface area contributed by atoms with Crippen LogP contribution in [-0.2, 0) is 6.42 Å². The van der Waals surface area contributed by atoms with Crippen LogP contribution >= 0.6 is 11.3 Å². The molecule has 1 unspecified atom stereocenters. The molecule has 1 atom stereocenters. The Bertz CT molecular complexity index is 1290. The molecule has 5 rings (SSSR count). The average molecular weight is 501 g/mol. The number of hydrogen-bond donors (Lipinski definition) is 1. The summed E-state index contributed by atoms with van der Waals surface area (Å²) in [6.07, 6.45) is 2.70. The first-order valence-corrected chi connectivity index (χ1v) is 13.1. The predicted octanol–water partition coefficient (Wildman–Crippen LogP) is 6.01. The number of piperazine rings is 1. The fraction of sp³-hybridized carbons (Fsp3) is 0.241. The number of amides is 1. The maximum Gasteiger partial charge on any atom is 0.256 e. The minimum Gasteiger partial charge on any atom is -0.354 e. The number of thiophene rings is 1. The molecule has 1 aliphatic heterocycles. The van der Waals surface area contributed by atoms with Crippen molar-refractivity contribution >= 4 is 28.1 Å². The third-order valence-electron chi connectivity index (χ3n) is 6.56. The molecule has 0 spiro atoms. The van der Waals surface area contributed by atoms with Crippen LogP contribution in [0.5, 0.6) is 0 Å². The van der Waals surface area contributed by atoms with Crippen molar-refractivity contribution in [1.82, 2.24) is 9.88 Å². The number of carbonyl (C=O) groups excluding carboxylic acids is 1. The number of anilines is 2. The van der Waals surface area contributed by atoms with Crippen molar-refractivity contribution in [3.63, 3.8) is 0 Å². The number of nitrogens with one attached hydrogen (secondary N) is 1. The third-order valence-corrected chi connectivity index (χ3v) is 7.77. The smallest absolute Gasteiger partial charge is 0.256 e. The van der Waals surface area contributed by atoms with Crippen molar-refractivity contribution in [3.05, 3.63) is 112 Å². The van der Waals surface area contributed by atoms with Crippen molar-refractivity contribution in [2.75, 3.05) is 36.4 Å². The van der Waals surface area contributed by atoms with Crippen LogP contribution in [0.1, 0.15) is 39.3 Å². The van der Waals surface area contributed by atoms with Crippen LogP contribution in [0.2, 0.25) is 0 Å². The number of aryl methyl sites for hydroxylation is 1. The van der Waals surface area contributed by atoms with Crippen molar-refractivity contribution in [3.8, 4) is 0 Å². The van der Waals surface area contributed by atoms with Gasteiger partial charge in [0.2, 0.25) is 0 Å². The van der Waals surface area contributed by atoms with Crippen LogP contribution in [-0.4, -0.2) is 42.0 Å². The van der Waals surface area contributed by atoms with Gasteiger partial charge in [0.05, 0.1) is 6.04 Å². The molecular weight excluding hydrogens is 471 g/mol. The maximum atomic E-state index is 13.8. The van der Waals surface area contributed by atoms with Gasteiger partial charge in [-0.25, -0.2) is 9.37 Å². The topological polar surface area (TPSA) is 48.5 Å². The highest BCUT2D eigenvalue weighted by Crippen LogP contribution is 2.40. The van der Waals surface area contributed by atoms with Gasteiger partial charge in [-0.3, -0.25) is 9.69 Å². The van der Waals surface area contributed by atoms with Gasteiger partial charge in [0, 0.05) is 48.4 Å². The lowest BCUT2D eigenvalue weighted by atomic mass is 9.97. The van der Waals surface area contributed by atoms with Gasteiger partial charge in [-0.2, -0.15) is 0 Å². The maximum absolute atomic E-state index is 13.8. The Morgan fingerprint density at radius 1 is 1.00 bits per heavy atom. The molecule has 2 aromatic carbocycles. The second kappa shape index (κ2) is 11.0. The highest BCUT2D eigenvalue weighted by atomic mass is 32.1. The fourth-order valence-corrected chi connectivity index (χ4v) is 5.71. The van der Waals surface area contributed by atoms with Gasteiger partial charge >= 0.3 is 0 Å². The summed E-state index contributed by atoms with van der Waals surface area (Å²) in [7, 11) is 0. The van der Waals surface area contributed by atoms with E-state index in [0.717, 1.165) is 54.5 Å². The van der Waals surface area contributed by atoms with Gasteiger partial charge in [0.15, 0.2) is 0 Å². The lowest BCUT2D eigenvalue weighted by Crippen LogP contribution is -2.48. The fourth-order valence-electron chi connectivity index (χ4n) is 4.68. The first-order valence-electron chi connectivity index (χ1n) is 12.3. The molecule has 3 heterocycles. The molecule has 36 heavy (non-hydrogen) atoms. The van der Waals surface area contributed by atoms with Crippen LogP contribution in [0.25, 0.3) is 0 Å². The van der Waals surface area contributed by atoms with Gasteiger partial charge in [0.25, 0.3) is 5.91 Å². The van der Waals surface area contributed by atoms with Gasteiger partial charge < -0.3 is 10.2 Å². The Morgan fingerprint density at radius 2 is 1.72 bits per heavy atom. The molecule has 0 aliphatic carbocycles. The Hall–Kier alpha value is -3.55. The molecule has 7 heteroatoms. The van der Waals surface area contributed by atoms with Gasteiger partial charge in [0.1, 0.15) is 16.6 Å². The predicted molar refractivity (Wildman–Crippen MR) is 144 cm³/mol. The summed E-state index contributed by atoms with van der Waals surface area (Å²) in [5, 5.41) is 4.02. The summed E-state index contributed by atoms with van der Waals surface area (Å²) >= 11 is 1.62. The van der Waals surface area contributed by atoms with Crippen LogP contribution in [0.15, 0.2) is 85.1 Å². The molecular formula is C29H29FN4OS. The minimum absolute atomic E-state index is 0.0981. The Morgan fingerprint density at radius 3 is 2.39 bits per heavy atom. The molecule has 0 saturated carbocycles. The van der Waals surface area contributed by atoms with E-state index in [-0.39, 0.29) is 17.8 Å². The number of aromatic nitrogens is 1. The minimum atomic E-state index is -0.255. The SMILES string of the molecule is CCc1cc(C(c2ccc(F)cc2)N2CCN(c3ccccn3)CC2)c(NC(=O)c2ccccc2)s1. The van der Waals surface area contributed by atoms with E-state index < -0.39 is 0 Å². The van der Waals surface area contributed by atoms with Crippen LogP contribution in [0.4, 0.5) is 15.2 Å². The highest BCUT2D eigenvalue weighted by molar-refractivity contribution is 7.16. The molecule has 5 nitrogen and oxygen atoms in total. The second-order valence-electron chi connectivity index (χ2n) is 8.84. The zero-order valence-corrected chi connectivity index (χ0v) is 21.0. The molecule has 184 valence electrons. The summed E-state index contributed by atoms with van der Waals surface area (Å²) < 4.78 is 13.8. The monoisotopic (exact) mass is 500 g/mol. The Balaban J connectivity index is 1.47. The number of carbonyl (C=O) groups is 1. The zero-order valence-electron chi connectivity index (χ0n) is 20.2. The number of rotatable bonds is 7. The normalized spacial score (nSPS) is 15.0. The standard InChI is InChI=1S/C29H29FN4OS/c1-2-24-20-25(29(36-24)32-28(35)22-8-4-3-5-9-22)27(21-11-13-23(30)14-12-21)34-18-16-33(17-19-34)26-10-6-7-15-31-26/h3-15,20,27H,2,16-19H2,1H3,(H,32,35). The van der Waals surface area contributed by atoms with Crippen molar-refractivity contribution < 1.29 is 9.18 Å². The van der Waals surface area contributed by atoms with Crippen LogP contribution in [0.3, 0.4) is 0 Å². The van der Waals surface area contributed by atoms with Crippen molar-refractivity contribution in [2.45, 2.75) is 19.4 Å². The number of benzene rings is 2. The third kappa shape index (κ3) is 5.32. The number of nitrogens with zero attached hydrogens (tertiary/aromatic N) is 3. The van der Waals surface area contributed by atoms with Crippen molar-refractivity contribution in [1.29, 1.82) is 0 Å². The quantitative estimate of drug-likeness (QED) is 0.338. The second-order valence-corrected chi connectivity index (χ2v) is 9.97. The van der Waals surface area contributed by atoms with Crippen LogP contribution < -0.4 is 10.2 Å². The summed E-state index contributed by atoms with van der Waals surface area (Å²) in [5.74, 6) is 0.601. The van der Waals surface area contributed by atoms with E-state index in [1.54, 1.807) is 11.3 Å². The molecule has 1 saturated heterocycles. The van der Waals surface area contributed by atoms with Crippen molar-refractivity contribution in [2.24, 2.45) is 0 Å². The molecule has 2 aromatic heterocycles. The van der Waals surface area contributed by atoms with E-state index >= 15 is 0 Å². The van der Waals surface area contributed by atoms with E-state index in [0.29, 0.717) is 5.56 Å². The van der Waals surface area contributed by atoms with E-state index in [1.807, 2.05) is 66.9 Å². The Kier molecular flexibility index (Phi) is 7.39. The molecule has 0 radical (unpaired) electrons. The van der Waals surface area contributed by atoms with E-state index in [9.17, 15) is 9.18 Å². The first kappa shape index (κ1) is 24.2. The van der Waals surface area contributed by atoms with E-state index in [1.165, 1.54) is 17.0 Å². The van der Waals surface area contributed by atoms with Gasteiger partial charge in [-0.1, -0.05) is 43.3 Å². The summed E-state index contributed by atoms with van der Waals surface area (Å²) in [6.45, 7) is 5.44.